The van der Waals surface area contributed by atoms with Crippen LogP contribution in [0.4, 0.5) is 4.79 Å². The third-order valence-corrected chi connectivity index (χ3v) is 4.51. The van der Waals surface area contributed by atoms with Gasteiger partial charge in [-0.05, 0) is 25.3 Å². The van der Waals surface area contributed by atoms with E-state index in [4.69, 9.17) is 10.5 Å². The number of likely N-dealkylation sites (tertiary alicyclic amines) is 1. The number of nitrogens with two attached hydrogens (primary N) is 1. The monoisotopic (exact) mass is 347 g/mol. The molecule has 2 N–H and O–H groups in total. The summed E-state index contributed by atoms with van der Waals surface area (Å²) >= 11 is 0. The molecule has 1 aliphatic heterocycles. The van der Waals surface area contributed by atoms with Crippen molar-refractivity contribution < 1.29 is 19.1 Å². The molecule has 7 heteroatoms. The van der Waals surface area contributed by atoms with Crippen molar-refractivity contribution >= 4 is 17.9 Å². The molecule has 1 aromatic rings. The maximum absolute atomic E-state index is 12.9. The van der Waals surface area contributed by atoms with Gasteiger partial charge in [0.1, 0.15) is 12.1 Å². The molecule has 1 unspecified atom stereocenters. The van der Waals surface area contributed by atoms with Crippen LogP contribution >= 0.6 is 0 Å². The van der Waals surface area contributed by atoms with Crippen molar-refractivity contribution in [2.24, 2.45) is 5.73 Å². The topological polar surface area (TPSA) is 92.9 Å². The first-order valence-corrected chi connectivity index (χ1v) is 8.41. The number of hydrogen-bond donors (Lipinski definition) is 1. The van der Waals surface area contributed by atoms with Crippen LogP contribution in [0.15, 0.2) is 30.3 Å². The molecule has 3 amide bonds. The summed E-state index contributed by atoms with van der Waals surface area (Å²) in [5.41, 5.74) is 5.29. The number of amides is 3. The summed E-state index contributed by atoms with van der Waals surface area (Å²) in [7, 11) is 0. The van der Waals surface area contributed by atoms with Gasteiger partial charge in [0.2, 0.25) is 5.91 Å². The maximum atomic E-state index is 12.9. The van der Waals surface area contributed by atoms with Crippen LogP contribution in [0, 0.1) is 0 Å². The summed E-state index contributed by atoms with van der Waals surface area (Å²) in [6.07, 6.45) is 0.617. The predicted molar refractivity (Wildman–Crippen MR) is 92.4 cm³/mol. The molecule has 1 fully saturated rings. The summed E-state index contributed by atoms with van der Waals surface area (Å²) < 4.78 is 5.36. The molecule has 0 aromatic heterocycles. The number of ether oxygens (including phenoxy) is 1. The van der Waals surface area contributed by atoms with Crippen molar-refractivity contribution in [2.45, 2.75) is 38.8 Å². The Kier molecular flexibility index (Phi) is 6.14. The van der Waals surface area contributed by atoms with Gasteiger partial charge < -0.3 is 10.5 Å². The lowest BCUT2D eigenvalue weighted by Crippen LogP contribution is -2.58. The van der Waals surface area contributed by atoms with Gasteiger partial charge in [-0.25, -0.2) is 4.79 Å². The number of nitrogens with zero attached hydrogens (tertiary/aromatic N) is 2. The van der Waals surface area contributed by atoms with Crippen LogP contribution in [0.3, 0.4) is 0 Å². The van der Waals surface area contributed by atoms with Crippen molar-refractivity contribution in [1.29, 1.82) is 0 Å². The molecule has 0 bridgehead atoms. The van der Waals surface area contributed by atoms with Crippen molar-refractivity contribution in [3.63, 3.8) is 0 Å². The minimum atomic E-state index is -1.09. The summed E-state index contributed by atoms with van der Waals surface area (Å²) in [5.74, 6) is -0.777. The summed E-state index contributed by atoms with van der Waals surface area (Å²) in [5, 5.41) is 0. The minimum Gasteiger partial charge on any atom is -0.445 e. The maximum Gasteiger partial charge on any atom is 0.410 e. The van der Waals surface area contributed by atoms with Crippen LogP contribution in [0.5, 0.6) is 0 Å². The third kappa shape index (κ3) is 4.17. The molecule has 7 nitrogen and oxygen atoms in total. The van der Waals surface area contributed by atoms with Crippen molar-refractivity contribution in [3.05, 3.63) is 35.9 Å². The first-order valence-electron chi connectivity index (χ1n) is 8.41. The average Bonchev–Trinajstić information content (AvgIpc) is 3.00. The van der Waals surface area contributed by atoms with Crippen molar-refractivity contribution in [1.82, 2.24) is 9.80 Å². The second-order valence-electron chi connectivity index (χ2n) is 6.33. The predicted octanol–water partition coefficient (Wildman–Crippen LogP) is 1.51. The standard InChI is InChI=1S/C18H25N3O4/c1-14(22)20(12-10-19)16(23)18(2)9-6-11-21(18)17(24)25-13-15-7-4-3-5-8-15/h3-5,7-8H,6,9-13,19H2,1-2H3. The van der Waals surface area contributed by atoms with E-state index in [1.54, 1.807) is 6.92 Å². The Bertz CT molecular complexity index is 634. The largest absolute Gasteiger partial charge is 0.445 e. The summed E-state index contributed by atoms with van der Waals surface area (Å²) in [4.78, 5) is 39.7. The van der Waals surface area contributed by atoms with Gasteiger partial charge in [0.15, 0.2) is 0 Å². The highest BCUT2D eigenvalue weighted by Gasteiger charge is 2.49. The first-order chi connectivity index (χ1) is 11.9. The molecule has 0 saturated carbocycles. The van der Waals surface area contributed by atoms with Gasteiger partial charge in [0, 0.05) is 26.6 Å². The minimum absolute atomic E-state index is 0.136. The Balaban J connectivity index is 2.10. The van der Waals surface area contributed by atoms with E-state index in [1.807, 2.05) is 30.3 Å². The Labute approximate surface area is 147 Å². The Hall–Kier alpha value is -2.41. The zero-order valence-corrected chi connectivity index (χ0v) is 14.7. The fourth-order valence-electron chi connectivity index (χ4n) is 3.10. The van der Waals surface area contributed by atoms with Gasteiger partial charge in [0.05, 0.1) is 0 Å². The lowest BCUT2D eigenvalue weighted by molar-refractivity contribution is -0.150. The van der Waals surface area contributed by atoms with Crippen LogP contribution in [0.1, 0.15) is 32.3 Å². The summed E-state index contributed by atoms with van der Waals surface area (Å²) in [6.45, 7) is 3.88. The SMILES string of the molecule is CC(=O)N(CCN)C(=O)C1(C)CCCN1C(=O)OCc1ccccc1. The van der Waals surface area contributed by atoms with E-state index in [9.17, 15) is 14.4 Å². The van der Waals surface area contributed by atoms with Gasteiger partial charge in [0.25, 0.3) is 5.91 Å². The van der Waals surface area contributed by atoms with E-state index in [-0.39, 0.29) is 25.6 Å². The highest BCUT2D eigenvalue weighted by atomic mass is 16.6. The smallest absolute Gasteiger partial charge is 0.410 e. The molecular formula is C18H25N3O4. The number of carbonyl (C=O) groups excluding carboxylic acids is 3. The third-order valence-electron chi connectivity index (χ3n) is 4.51. The second kappa shape index (κ2) is 8.11. The molecule has 1 aromatic carbocycles. The van der Waals surface area contributed by atoms with Gasteiger partial charge >= 0.3 is 6.09 Å². The Morgan fingerprint density at radius 1 is 1.28 bits per heavy atom. The molecule has 1 saturated heterocycles. The zero-order valence-electron chi connectivity index (χ0n) is 14.7. The van der Waals surface area contributed by atoms with Crippen molar-refractivity contribution in [3.8, 4) is 0 Å². The van der Waals surface area contributed by atoms with Crippen LogP contribution in [0.25, 0.3) is 0 Å². The molecule has 0 spiro atoms. The molecule has 0 aliphatic carbocycles. The van der Waals surface area contributed by atoms with Gasteiger partial charge in [-0.3, -0.25) is 19.4 Å². The molecular weight excluding hydrogens is 322 g/mol. The number of benzene rings is 1. The molecule has 1 aliphatic rings. The van der Waals surface area contributed by atoms with Gasteiger partial charge in [-0.15, -0.1) is 0 Å². The quantitative estimate of drug-likeness (QED) is 0.871. The normalized spacial score (nSPS) is 19.6. The van der Waals surface area contributed by atoms with E-state index in [0.29, 0.717) is 19.4 Å². The van der Waals surface area contributed by atoms with Crippen LogP contribution in [-0.2, 0) is 20.9 Å². The molecule has 1 atom stereocenters. The van der Waals surface area contributed by atoms with Crippen LogP contribution < -0.4 is 5.73 Å². The fraction of sp³-hybridized carbons (Fsp3) is 0.500. The molecule has 0 radical (unpaired) electrons. The molecule has 1 heterocycles. The number of imide groups is 1. The molecule has 136 valence electrons. The fourth-order valence-corrected chi connectivity index (χ4v) is 3.10. The van der Waals surface area contributed by atoms with Gasteiger partial charge in [-0.2, -0.15) is 0 Å². The average molecular weight is 347 g/mol. The number of hydrogen-bond acceptors (Lipinski definition) is 5. The number of rotatable bonds is 5. The number of carbonyl (C=O) groups is 3. The van der Waals surface area contributed by atoms with Crippen molar-refractivity contribution in [2.75, 3.05) is 19.6 Å². The Morgan fingerprint density at radius 3 is 2.56 bits per heavy atom. The summed E-state index contributed by atoms with van der Waals surface area (Å²) in [6, 6.07) is 9.34. The highest BCUT2D eigenvalue weighted by Crippen LogP contribution is 2.32. The van der Waals surface area contributed by atoms with Crippen LogP contribution in [0.2, 0.25) is 0 Å². The van der Waals surface area contributed by atoms with E-state index >= 15 is 0 Å². The molecule has 2 rings (SSSR count). The van der Waals surface area contributed by atoms with E-state index in [1.165, 1.54) is 11.8 Å². The van der Waals surface area contributed by atoms with E-state index in [0.717, 1.165) is 10.5 Å². The van der Waals surface area contributed by atoms with E-state index < -0.39 is 17.5 Å². The van der Waals surface area contributed by atoms with E-state index in [2.05, 4.69) is 0 Å². The molecule has 25 heavy (non-hydrogen) atoms. The second-order valence-corrected chi connectivity index (χ2v) is 6.33. The van der Waals surface area contributed by atoms with Gasteiger partial charge in [-0.1, -0.05) is 30.3 Å². The lowest BCUT2D eigenvalue weighted by Gasteiger charge is -2.36. The first kappa shape index (κ1) is 18.9. The zero-order chi connectivity index (χ0) is 18.4. The lowest BCUT2D eigenvalue weighted by atomic mass is 9.97. The van der Waals surface area contributed by atoms with Crippen LogP contribution in [-0.4, -0.2) is 52.9 Å². The highest BCUT2D eigenvalue weighted by molar-refractivity contribution is 6.00. The Morgan fingerprint density at radius 2 is 1.96 bits per heavy atom.